The Morgan fingerprint density at radius 2 is 0.963 bits per heavy atom. The van der Waals surface area contributed by atoms with E-state index >= 15 is 0 Å². The van der Waals surface area contributed by atoms with Gasteiger partial charge in [-0.15, -0.1) is 0 Å². The van der Waals surface area contributed by atoms with E-state index in [-0.39, 0.29) is 0 Å². The Balaban J connectivity index is 1.31. The predicted molar refractivity (Wildman–Crippen MR) is 225 cm³/mol. The molecule has 0 aliphatic heterocycles. The van der Waals surface area contributed by atoms with Crippen molar-refractivity contribution in [1.29, 1.82) is 0 Å². The molecular weight excluding hydrogens is 659 g/mol. The first-order valence-electron chi connectivity index (χ1n) is 18.3. The van der Waals surface area contributed by atoms with Crippen molar-refractivity contribution in [2.45, 2.75) is 0 Å². The van der Waals surface area contributed by atoms with Crippen LogP contribution in [0.4, 0.5) is 0 Å². The summed E-state index contributed by atoms with van der Waals surface area (Å²) in [4.78, 5) is 10.7. The lowest BCUT2D eigenvalue weighted by Crippen LogP contribution is -2.03. The number of fused-ring (bicyclic) bond motifs is 16. The van der Waals surface area contributed by atoms with Crippen LogP contribution < -0.4 is 0 Å². The van der Waals surface area contributed by atoms with Crippen LogP contribution >= 0.6 is 0 Å². The summed E-state index contributed by atoms with van der Waals surface area (Å²) < 4.78 is 9.39. The molecule has 0 amide bonds. The van der Waals surface area contributed by atoms with Crippen LogP contribution in [0.15, 0.2) is 180 Å². The van der Waals surface area contributed by atoms with E-state index in [9.17, 15) is 0 Å². The molecule has 250 valence electrons. The minimum absolute atomic E-state index is 0.672. The quantitative estimate of drug-likeness (QED) is 0.174. The number of benzene rings is 9. The fraction of sp³-hybridized carbons (Fsp3) is 0. The van der Waals surface area contributed by atoms with Gasteiger partial charge in [0.05, 0.1) is 16.6 Å². The Morgan fingerprint density at radius 1 is 0.389 bits per heavy atom. The number of hydrogen-bond acceptors (Lipinski definition) is 3. The molecule has 54 heavy (non-hydrogen) atoms. The predicted octanol–water partition coefficient (Wildman–Crippen LogP) is 13.4. The van der Waals surface area contributed by atoms with Crippen LogP contribution in [-0.2, 0) is 0 Å². The second kappa shape index (κ2) is 11.1. The summed E-state index contributed by atoms with van der Waals surface area (Å²) in [6.45, 7) is 0. The molecule has 0 aliphatic rings. The third kappa shape index (κ3) is 4.02. The van der Waals surface area contributed by atoms with Crippen molar-refractivity contribution in [1.82, 2.24) is 14.5 Å². The van der Waals surface area contributed by atoms with E-state index in [1.807, 2.05) is 6.07 Å². The van der Waals surface area contributed by atoms with E-state index in [1.54, 1.807) is 0 Å². The lowest BCUT2D eigenvalue weighted by Gasteiger charge is -2.15. The van der Waals surface area contributed by atoms with Crippen molar-refractivity contribution in [3.8, 4) is 28.3 Å². The molecule has 0 bridgehead atoms. The highest BCUT2D eigenvalue weighted by atomic mass is 16.3. The molecule has 4 nitrogen and oxygen atoms in total. The maximum atomic E-state index is 7.05. The molecule has 12 aromatic rings. The van der Waals surface area contributed by atoms with Gasteiger partial charge in [-0.3, -0.25) is 4.57 Å². The molecule has 0 radical (unpaired) electrons. The number of para-hydroxylation sites is 3. The largest absolute Gasteiger partial charge is 0.454 e. The smallest absolute Gasteiger partial charge is 0.162 e. The molecule has 0 saturated heterocycles. The van der Waals surface area contributed by atoms with Crippen molar-refractivity contribution >= 4 is 87.0 Å². The van der Waals surface area contributed by atoms with Crippen LogP contribution in [0.5, 0.6) is 0 Å². The SMILES string of the molecule is c1ccc(-c2cccc(-c3nc(-n4c5ccccc5c5c6c7ccccc7c7ccccc7c6c6c7ccccc7oc6c54)c4ccccc4n3)c2)cc1. The molecule has 3 aromatic heterocycles. The van der Waals surface area contributed by atoms with Gasteiger partial charge in [-0.1, -0.05) is 146 Å². The van der Waals surface area contributed by atoms with Crippen LogP contribution in [0.25, 0.3) is 115 Å². The van der Waals surface area contributed by atoms with Gasteiger partial charge in [0.25, 0.3) is 0 Å². The molecule has 0 unspecified atom stereocenters. The average Bonchev–Trinajstić information content (AvgIpc) is 3.80. The topological polar surface area (TPSA) is 43.9 Å². The number of furan rings is 1. The third-order valence-corrected chi connectivity index (χ3v) is 11.1. The summed E-state index contributed by atoms with van der Waals surface area (Å²) in [5.41, 5.74) is 7.90. The van der Waals surface area contributed by atoms with Crippen LogP contribution in [0.3, 0.4) is 0 Å². The monoisotopic (exact) mass is 687 g/mol. The van der Waals surface area contributed by atoms with Crippen LogP contribution in [0.2, 0.25) is 0 Å². The van der Waals surface area contributed by atoms with Gasteiger partial charge in [-0.25, -0.2) is 9.97 Å². The van der Waals surface area contributed by atoms with Crippen LogP contribution in [0.1, 0.15) is 0 Å². The fourth-order valence-corrected chi connectivity index (χ4v) is 8.88. The summed E-state index contributed by atoms with van der Waals surface area (Å²) in [5.74, 6) is 1.49. The molecule has 9 aromatic carbocycles. The van der Waals surface area contributed by atoms with Crippen molar-refractivity contribution in [2.24, 2.45) is 0 Å². The third-order valence-electron chi connectivity index (χ3n) is 11.1. The van der Waals surface area contributed by atoms with E-state index in [0.717, 1.165) is 77.2 Å². The molecule has 0 saturated carbocycles. The first-order valence-corrected chi connectivity index (χ1v) is 18.3. The Labute approximate surface area is 309 Å². The Kier molecular flexibility index (Phi) is 6.02. The van der Waals surface area contributed by atoms with Gasteiger partial charge in [0, 0.05) is 43.3 Å². The summed E-state index contributed by atoms with van der Waals surface area (Å²) in [6, 6.07) is 62.2. The summed E-state index contributed by atoms with van der Waals surface area (Å²) in [5, 5.41) is 12.8. The van der Waals surface area contributed by atoms with Gasteiger partial charge in [0.15, 0.2) is 11.4 Å². The van der Waals surface area contributed by atoms with Crippen LogP contribution in [0, 0.1) is 0 Å². The lowest BCUT2D eigenvalue weighted by molar-refractivity contribution is 0.671. The minimum atomic E-state index is 0.672. The maximum Gasteiger partial charge on any atom is 0.162 e. The molecule has 0 spiro atoms. The highest BCUT2D eigenvalue weighted by molar-refractivity contribution is 6.44. The molecule has 0 fully saturated rings. The van der Waals surface area contributed by atoms with E-state index in [0.29, 0.717) is 5.82 Å². The Bertz CT molecular complexity index is 3500. The highest BCUT2D eigenvalue weighted by Crippen LogP contribution is 2.50. The molecule has 12 rings (SSSR count). The standard InChI is InChI=1S/C50H29N3O/c1-2-15-30(16-3-1)31-17-14-18-32(29-31)49-51-40-26-11-8-23-37(40)50(52-49)53-41-27-12-9-24-38(41)45-43-35-21-6-4-19-33(35)34-20-5-7-22-36(34)44(43)46-39-25-10-13-28-42(39)54-48(46)47(45)53/h1-29H. The van der Waals surface area contributed by atoms with Gasteiger partial charge < -0.3 is 4.42 Å². The first-order chi connectivity index (χ1) is 26.8. The second-order valence-corrected chi connectivity index (χ2v) is 14.1. The molecule has 0 atom stereocenters. The van der Waals surface area contributed by atoms with E-state index in [1.165, 1.54) is 32.3 Å². The van der Waals surface area contributed by atoms with Gasteiger partial charge >= 0.3 is 0 Å². The van der Waals surface area contributed by atoms with Crippen molar-refractivity contribution in [3.63, 3.8) is 0 Å². The molecule has 3 heterocycles. The normalized spacial score (nSPS) is 12.1. The van der Waals surface area contributed by atoms with Gasteiger partial charge in [0.1, 0.15) is 11.4 Å². The van der Waals surface area contributed by atoms with Crippen molar-refractivity contribution in [2.75, 3.05) is 0 Å². The maximum absolute atomic E-state index is 7.05. The van der Waals surface area contributed by atoms with Gasteiger partial charge in [-0.05, 0) is 63.0 Å². The molecule has 0 N–H and O–H groups in total. The average molecular weight is 688 g/mol. The number of hydrogen-bond donors (Lipinski definition) is 0. The first kappa shape index (κ1) is 29.3. The number of nitrogens with zero attached hydrogens (tertiary/aromatic N) is 3. The zero-order chi connectivity index (χ0) is 35.3. The Morgan fingerprint density at radius 3 is 1.74 bits per heavy atom. The zero-order valence-corrected chi connectivity index (χ0v) is 29.0. The highest BCUT2D eigenvalue weighted by Gasteiger charge is 2.27. The second-order valence-electron chi connectivity index (χ2n) is 14.1. The summed E-state index contributed by atoms with van der Waals surface area (Å²) in [6.07, 6.45) is 0. The summed E-state index contributed by atoms with van der Waals surface area (Å²) in [7, 11) is 0. The zero-order valence-electron chi connectivity index (χ0n) is 29.0. The minimum Gasteiger partial charge on any atom is -0.454 e. The van der Waals surface area contributed by atoms with Crippen molar-refractivity contribution < 1.29 is 4.42 Å². The van der Waals surface area contributed by atoms with Gasteiger partial charge in [-0.2, -0.15) is 0 Å². The Hall–Kier alpha value is -7.30. The van der Waals surface area contributed by atoms with Crippen molar-refractivity contribution in [3.05, 3.63) is 176 Å². The number of aromatic nitrogens is 3. The number of rotatable bonds is 3. The molecular formula is C50H29N3O. The summed E-state index contributed by atoms with van der Waals surface area (Å²) >= 11 is 0. The van der Waals surface area contributed by atoms with Crippen LogP contribution in [-0.4, -0.2) is 14.5 Å². The fourth-order valence-electron chi connectivity index (χ4n) is 8.88. The van der Waals surface area contributed by atoms with E-state index in [4.69, 9.17) is 14.4 Å². The molecule has 0 aliphatic carbocycles. The lowest BCUT2D eigenvalue weighted by atomic mass is 9.89. The van der Waals surface area contributed by atoms with E-state index < -0.39 is 0 Å². The van der Waals surface area contributed by atoms with Gasteiger partial charge in [0.2, 0.25) is 0 Å². The molecule has 4 heteroatoms. The van der Waals surface area contributed by atoms with E-state index in [2.05, 4.69) is 174 Å².